The van der Waals surface area contributed by atoms with Gasteiger partial charge in [0.2, 0.25) is 0 Å². The third-order valence-corrected chi connectivity index (χ3v) is 4.56. The molecule has 0 heterocycles. The molecule has 5 heteroatoms. The van der Waals surface area contributed by atoms with Crippen LogP contribution in [0.5, 0.6) is 0 Å². The van der Waals surface area contributed by atoms with Crippen molar-refractivity contribution in [1.29, 1.82) is 0 Å². The third kappa shape index (κ3) is 2.93. The number of nitrogens with two attached hydrogens (primary N) is 1. The van der Waals surface area contributed by atoms with Crippen molar-refractivity contribution in [3.05, 3.63) is 53.1 Å². The lowest BCUT2D eigenvalue weighted by atomic mass is 10.1. The van der Waals surface area contributed by atoms with E-state index in [0.717, 1.165) is 16.7 Å². The highest BCUT2D eigenvalue weighted by atomic mass is 32.2. The second kappa shape index (κ2) is 5.17. The molecule has 2 aromatic rings. The predicted molar refractivity (Wildman–Crippen MR) is 82.3 cm³/mol. The van der Waals surface area contributed by atoms with Crippen molar-refractivity contribution in [2.75, 3.05) is 10.5 Å². The molecule has 0 saturated carbocycles. The van der Waals surface area contributed by atoms with Crippen molar-refractivity contribution in [1.82, 2.24) is 0 Å². The molecule has 0 unspecified atom stereocenters. The molecular weight excluding hydrogens is 272 g/mol. The lowest BCUT2D eigenvalue weighted by molar-refractivity contribution is 0.601. The van der Waals surface area contributed by atoms with E-state index < -0.39 is 10.0 Å². The molecule has 0 aromatic heterocycles. The lowest BCUT2D eigenvalue weighted by Crippen LogP contribution is -2.14. The number of hydrogen-bond donors (Lipinski definition) is 2. The molecule has 2 rings (SSSR count). The summed E-state index contributed by atoms with van der Waals surface area (Å²) >= 11 is 0. The molecule has 2 aromatic carbocycles. The molecule has 0 fully saturated rings. The minimum atomic E-state index is -3.62. The van der Waals surface area contributed by atoms with Gasteiger partial charge in [-0.05, 0) is 55.7 Å². The number of nitrogen functional groups attached to an aromatic ring is 1. The van der Waals surface area contributed by atoms with Gasteiger partial charge in [-0.3, -0.25) is 4.72 Å². The van der Waals surface area contributed by atoms with E-state index in [0.29, 0.717) is 11.4 Å². The Hall–Kier alpha value is -2.01. The van der Waals surface area contributed by atoms with Crippen molar-refractivity contribution in [2.45, 2.75) is 25.7 Å². The summed E-state index contributed by atoms with van der Waals surface area (Å²) in [5.74, 6) is 0. The van der Waals surface area contributed by atoms with Crippen LogP contribution in [0.2, 0.25) is 0 Å². The molecule has 0 aliphatic heterocycles. The molecule has 0 radical (unpaired) electrons. The number of benzene rings is 2. The van der Waals surface area contributed by atoms with Crippen LogP contribution in [0, 0.1) is 20.8 Å². The van der Waals surface area contributed by atoms with E-state index in [9.17, 15) is 8.42 Å². The Morgan fingerprint density at radius 1 is 0.950 bits per heavy atom. The van der Waals surface area contributed by atoms with Crippen molar-refractivity contribution in [2.24, 2.45) is 0 Å². The van der Waals surface area contributed by atoms with Crippen LogP contribution in [0.1, 0.15) is 16.7 Å². The van der Waals surface area contributed by atoms with Gasteiger partial charge >= 0.3 is 0 Å². The van der Waals surface area contributed by atoms with Crippen LogP contribution in [0.4, 0.5) is 11.4 Å². The fraction of sp³-hybridized carbons (Fsp3) is 0.200. The van der Waals surface area contributed by atoms with E-state index in [1.165, 1.54) is 6.07 Å². The van der Waals surface area contributed by atoms with Gasteiger partial charge < -0.3 is 5.73 Å². The van der Waals surface area contributed by atoms with Gasteiger partial charge in [-0.25, -0.2) is 8.42 Å². The number of rotatable bonds is 3. The normalized spacial score (nSPS) is 11.3. The monoisotopic (exact) mass is 290 g/mol. The van der Waals surface area contributed by atoms with E-state index in [4.69, 9.17) is 5.73 Å². The van der Waals surface area contributed by atoms with Gasteiger partial charge in [0.05, 0.1) is 10.6 Å². The zero-order chi connectivity index (χ0) is 14.9. The van der Waals surface area contributed by atoms with E-state index in [1.54, 1.807) is 12.1 Å². The average Bonchev–Trinajstić information content (AvgIpc) is 2.36. The van der Waals surface area contributed by atoms with Gasteiger partial charge in [-0.15, -0.1) is 0 Å². The van der Waals surface area contributed by atoms with E-state index in [2.05, 4.69) is 4.72 Å². The van der Waals surface area contributed by atoms with Crippen LogP contribution < -0.4 is 10.5 Å². The Morgan fingerprint density at radius 3 is 2.25 bits per heavy atom. The minimum absolute atomic E-state index is 0.168. The minimum Gasteiger partial charge on any atom is -0.398 e. The first-order valence-electron chi connectivity index (χ1n) is 6.26. The molecule has 0 spiro atoms. The predicted octanol–water partition coefficient (Wildman–Crippen LogP) is 2.99. The number of sulfonamides is 1. The van der Waals surface area contributed by atoms with Gasteiger partial charge in [0, 0.05) is 5.69 Å². The molecule has 3 N–H and O–H groups in total. The summed E-state index contributed by atoms with van der Waals surface area (Å²) in [7, 11) is -3.62. The van der Waals surface area contributed by atoms with Crippen LogP contribution in [0.3, 0.4) is 0 Å². The summed E-state index contributed by atoms with van der Waals surface area (Å²) in [5, 5.41) is 0. The number of aryl methyl sites for hydroxylation is 3. The summed E-state index contributed by atoms with van der Waals surface area (Å²) in [5.41, 5.74) is 9.55. The van der Waals surface area contributed by atoms with Crippen molar-refractivity contribution in [3.63, 3.8) is 0 Å². The Labute approximate surface area is 119 Å². The lowest BCUT2D eigenvalue weighted by Gasteiger charge is -2.12. The van der Waals surface area contributed by atoms with E-state index in [-0.39, 0.29) is 4.90 Å². The zero-order valence-corrected chi connectivity index (χ0v) is 12.6. The first-order valence-corrected chi connectivity index (χ1v) is 7.74. The molecule has 0 amide bonds. The molecular formula is C15H18N2O2S. The SMILES string of the molecule is Cc1ccc(C)c(NS(=O)(=O)c2ccc(C)c(N)c2)c1. The maximum atomic E-state index is 12.4. The largest absolute Gasteiger partial charge is 0.398 e. The Morgan fingerprint density at radius 2 is 1.60 bits per heavy atom. The Balaban J connectivity index is 2.40. The van der Waals surface area contributed by atoms with Crippen LogP contribution in [-0.2, 0) is 10.0 Å². The first-order chi connectivity index (χ1) is 9.29. The molecule has 0 bridgehead atoms. The zero-order valence-electron chi connectivity index (χ0n) is 11.8. The molecule has 20 heavy (non-hydrogen) atoms. The van der Waals surface area contributed by atoms with E-state index >= 15 is 0 Å². The molecule has 0 saturated heterocycles. The second-order valence-corrected chi connectivity index (χ2v) is 6.62. The van der Waals surface area contributed by atoms with Gasteiger partial charge in [-0.1, -0.05) is 18.2 Å². The second-order valence-electron chi connectivity index (χ2n) is 4.94. The van der Waals surface area contributed by atoms with Crippen molar-refractivity contribution in [3.8, 4) is 0 Å². The maximum absolute atomic E-state index is 12.4. The Kier molecular flexibility index (Phi) is 3.72. The quantitative estimate of drug-likeness (QED) is 0.854. The van der Waals surface area contributed by atoms with Crippen LogP contribution in [-0.4, -0.2) is 8.42 Å². The highest BCUT2D eigenvalue weighted by Crippen LogP contribution is 2.23. The van der Waals surface area contributed by atoms with Gasteiger partial charge in [0.1, 0.15) is 0 Å². The van der Waals surface area contributed by atoms with Crippen LogP contribution >= 0.6 is 0 Å². The summed E-state index contributed by atoms with van der Waals surface area (Å²) in [6, 6.07) is 10.4. The van der Waals surface area contributed by atoms with Crippen LogP contribution in [0.25, 0.3) is 0 Å². The summed E-state index contributed by atoms with van der Waals surface area (Å²) in [6.45, 7) is 5.62. The smallest absolute Gasteiger partial charge is 0.261 e. The fourth-order valence-electron chi connectivity index (χ4n) is 1.84. The standard InChI is InChI=1S/C15H18N2O2S/c1-10-4-5-12(3)15(8-10)17-20(18,19)13-7-6-11(2)14(16)9-13/h4-9,17H,16H2,1-3H3. The highest BCUT2D eigenvalue weighted by Gasteiger charge is 2.16. The van der Waals surface area contributed by atoms with Gasteiger partial charge in [0.15, 0.2) is 0 Å². The summed E-state index contributed by atoms with van der Waals surface area (Å²) in [4.78, 5) is 0.168. The van der Waals surface area contributed by atoms with E-state index in [1.807, 2.05) is 39.0 Å². The van der Waals surface area contributed by atoms with Gasteiger partial charge in [-0.2, -0.15) is 0 Å². The molecule has 0 aliphatic carbocycles. The molecule has 106 valence electrons. The molecule has 0 atom stereocenters. The van der Waals surface area contributed by atoms with Crippen molar-refractivity contribution < 1.29 is 8.42 Å². The topological polar surface area (TPSA) is 72.2 Å². The summed E-state index contributed by atoms with van der Waals surface area (Å²) < 4.78 is 27.3. The molecule has 0 aliphatic rings. The average molecular weight is 290 g/mol. The number of anilines is 2. The van der Waals surface area contributed by atoms with Gasteiger partial charge in [0.25, 0.3) is 10.0 Å². The maximum Gasteiger partial charge on any atom is 0.261 e. The first kappa shape index (κ1) is 14.4. The number of hydrogen-bond acceptors (Lipinski definition) is 3. The summed E-state index contributed by atoms with van der Waals surface area (Å²) in [6.07, 6.45) is 0. The van der Waals surface area contributed by atoms with Crippen molar-refractivity contribution >= 4 is 21.4 Å². The molecule has 4 nitrogen and oxygen atoms in total. The third-order valence-electron chi connectivity index (χ3n) is 3.20. The van der Waals surface area contributed by atoms with Crippen LogP contribution in [0.15, 0.2) is 41.3 Å². The fourth-order valence-corrected chi connectivity index (χ4v) is 2.99. The number of nitrogens with one attached hydrogen (secondary N) is 1. The highest BCUT2D eigenvalue weighted by molar-refractivity contribution is 7.92. The Bertz CT molecular complexity index is 752.